The molecule has 0 spiro atoms. The molecule has 10 heteroatoms. The molecule has 3 aromatic carbocycles. The van der Waals surface area contributed by atoms with Crippen molar-refractivity contribution in [2.45, 2.75) is 51.2 Å². The van der Waals surface area contributed by atoms with Crippen LogP contribution in [0.2, 0.25) is 0 Å². The number of amides is 1. The summed E-state index contributed by atoms with van der Waals surface area (Å²) in [5.74, 6) is -0.627. The standard InChI is InChI=1S/C32H32F4N4OS/c33-28-12-5-4-10-25(28)20-40(19-24-9-6-11-26(17-24)32(34,35)36)21-30-38-29(22-42-30)31(41)37-27-13-15-39(16-14-27)18-23-7-2-1-3-8-23/h1-12,17,22,27H,13-16,18-21H2,(H,37,41). The number of carbonyl (C=O) groups excluding carboxylic acids is 1. The first-order valence-electron chi connectivity index (χ1n) is 13.9. The van der Waals surface area contributed by atoms with Gasteiger partial charge in [0.2, 0.25) is 0 Å². The van der Waals surface area contributed by atoms with E-state index in [2.05, 4.69) is 27.3 Å². The Labute approximate surface area is 246 Å². The number of hydrogen-bond acceptors (Lipinski definition) is 5. The summed E-state index contributed by atoms with van der Waals surface area (Å²) >= 11 is 1.31. The minimum absolute atomic E-state index is 0.0631. The highest BCUT2D eigenvalue weighted by Gasteiger charge is 2.30. The predicted octanol–water partition coefficient (Wildman–Crippen LogP) is 6.90. The number of likely N-dealkylation sites (tertiary alicyclic amines) is 1. The molecule has 0 aliphatic carbocycles. The number of carbonyl (C=O) groups is 1. The van der Waals surface area contributed by atoms with Gasteiger partial charge in [0.25, 0.3) is 5.91 Å². The van der Waals surface area contributed by atoms with Crippen molar-refractivity contribution in [2.75, 3.05) is 13.1 Å². The first-order valence-corrected chi connectivity index (χ1v) is 14.7. The van der Waals surface area contributed by atoms with Crippen molar-refractivity contribution in [2.24, 2.45) is 0 Å². The van der Waals surface area contributed by atoms with Crippen LogP contribution >= 0.6 is 11.3 Å². The second kappa shape index (κ2) is 13.6. The van der Waals surface area contributed by atoms with E-state index in [1.165, 1.54) is 29.0 Å². The van der Waals surface area contributed by atoms with Crippen LogP contribution in [-0.4, -0.2) is 39.8 Å². The number of rotatable bonds is 10. The Kier molecular flexibility index (Phi) is 9.66. The second-order valence-electron chi connectivity index (χ2n) is 10.6. The lowest BCUT2D eigenvalue weighted by molar-refractivity contribution is -0.137. The van der Waals surface area contributed by atoms with Crippen LogP contribution < -0.4 is 5.32 Å². The van der Waals surface area contributed by atoms with Gasteiger partial charge in [0, 0.05) is 49.7 Å². The van der Waals surface area contributed by atoms with Crippen LogP contribution in [0, 0.1) is 5.82 Å². The molecule has 0 atom stereocenters. The highest BCUT2D eigenvalue weighted by molar-refractivity contribution is 7.09. The fourth-order valence-corrected chi connectivity index (χ4v) is 5.97. The van der Waals surface area contributed by atoms with E-state index >= 15 is 0 Å². The Bertz CT molecular complexity index is 1470. The van der Waals surface area contributed by atoms with Crippen molar-refractivity contribution >= 4 is 17.2 Å². The Morgan fingerprint density at radius 3 is 2.38 bits per heavy atom. The monoisotopic (exact) mass is 596 g/mol. The summed E-state index contributed by atoms with van der Waals surface area (Å²) in [6.45, 7) is 3.25. The van der Waals surface area contributed by atoms with Gasteiger partial charge < -0.3 is 5.32 Å². The van der Waals surface area contributed by atoms with Crippen molar-refractivity contribution < 1.29 is 22.4 Å². The zero-order valence-corrected chi connectivity index (χ0v) is 23.8. The van der Waals surface area contributed by atoms with Gasteiger partial charge in [-0.15, -0.1) is 11.3 Å². The number of aromatic nitrogens is 1. The number of halogens is 4. The Morgan fingerprint density at radius 1 is 0.929 bits per heavy atom. The van der Waals surface area contributed by atoms with Crippen LogP contribution in [0.25, 0.3) is 0 Å². The molecule has 1 saturated heterocycles. The van der Waals surface area contributed by atoms with Crippen molar-refractivity contribution in [3.63, 3.8) is 0 Å². The molecule has 5 rings (SSSR count). The van der Waals surface area contributed by atoms with E-state index in [0.29, 0.717) is 21.8 Å². The Balaban J connectivity index is 1.21. The lowest BCUT2D eigenvalue weighted by Crippen LogP contribution is -2.44. The molecular weight excluding hydrogens is 564 g/mol. The zero-order valence-electron chi connectivity index (χ0n) is 23.0. The minimum atomic E-state index is -4.46. The fraction of sp³-hybridized carbons (Fsp3) is 0.312. The van der Waals surface area contributed by atoms with Crippen LogP contribution in [-0.2, 0) is 32.4 Å². The highest BCUT2D eigenvalue weighted by Crippen LogP contribution is 2.30. The number of nitrogens with zero attached hydrogens (tertiary/aromatic N) is 3. The SMILES string of the molecule is O=C(NC1CCN(Cc2ccccc2)CC1)c1csc(CN(Cc2cccc(C(F)(F)F)c2)Cc2ccccc2F)n1. The third kappa shape index (κ3) is 8.24. The van der Waals surface area contributed by atoms with E-state index < -0.39 is 11.7 Å². The average Bonchev–Trinajstić information content (AvgIpc) is 3.44. The first-order chi connectivity index (χ1) is 20.2. The van der Waals surface area contributed by atoms with Crippen LogP contribution in [0.4, 0.5) is 17.6 Å². The molecule has 220 valence electrons. The molecule has 1 aliphatic rings. The molecule has 2 heterocycles. The molecule has 1 aliphatic heterocycles. The van der Waals surface area contributed by atoms with Crippen molar-refractivity contribution in [3.8, 4) is 0 Å². The van der Waals surface area contributed by atoms with Gasteiger partial charge in [-0.1, -0.05) is 66.7 Å². The molecule has 0 bridgehead atoms. The maximum absolute atomic E-state index is 14.5. The number of alkyl halides is 3. The van der Waals surface area contributed by atoms with Gasteiger partial charge in [-0.25, -0.2) is 9.37 Å². The molecule has 4 aromatic rings. The van der Waals surface area contributed by atoms with E-state index in [1.807, 2.05) is 23.1 Å². The normalized spacial score (nSPS) is 14.8. The molecule has 1 N–H and O–H groups in total. The topological polar surface area (TPSA) is 48.5 Å². The van der Waals surface area contributed by atoms with E-state index in [1.54, 1.807) is 29.6 Å². The number of benzene rings is 3. The van der Waals surface area contributed by atoms with Gasteiger partial charge in [-0.05, 0) is 36.1 Å². The Morgan fingerprint density at radius 2 is 1.64 bits per heavy atom. The maximum atomic E-state index is 14.5. The quantitative estimate of drug-likeness (QED) is 0.203. The van der Waals surface area contributed by atoms with Crippen LogP contribution in [0.5, 0.6) is 0 Å². The van der Waals surface area contributed by atoms with E-state index in [0.717, 1.165) is 44.6 Å². The van der Waals surface area contributed by atoms with Crippen LogP contribution in [0.1, 0.15) is 50.6 Å². The first kappa shape index (κ1) is 29.9. The van der Waals surface area contributed by atoms with Gasteiger partial charge in [0.1, 0.15) is 16.5 Å². The molecule has 5 nitrogen and oxygen atoms in total. The predicted molar refractivity (Wildman–Crippen MR) is 155 cm³/mol. The van der Waals surface area contributed by atoms with Crippen molar-refractivity contribution in [3.05, 3.63) is 123 Å². The van der Waals surface area contributed by atoms with Gasteiger partial charge in [-0.2, -0.15) is 13.2 Å². The molecule has 42 heavy (non-hydrogen) atoms. The number of thiazole rings is 1. The molecule has 0 saturated carbocycles. The van der Waals surface area contributed by atoms with Gasteiger partial charge in [0.05, 0.1) is 12.1 Å². The number of nitrogens with one attached hydrogen (secondary N) is 1. The minimum Gasteiger partial charge on any atom is -0.348 e. The Hall–Kier alpha value is -3.60. The van der Waals surface area contributed by atoms with Gasteiger partial charge in [0.15, 0.2) is 0 Å². The molecule has 1 amide bonds. The smallest absolute Gasteiger partial charge is 0.348 e. The van der Waals surface area contributed by atoms with Crippen LogP contribution in [0.15, 0.2) is 84.2 Å². The van der Waals surface area contributed by atoms with Crippen molar-refractivity contribution in [1.82, 2.24) is 20.1 Å². The lowest BCUT2D eigenvalue weighted by atomic mass is 10.0. The summed E-state index contributed by atoms with van der Waals surface area (Å²) in [5, 5.41) is 5.42. The highest BCUT2D eigenvalue weighted by atomic mass is 32.1. The molecular formula is C32H32F4N4OS. The summed E-state index contributed by atoms with van der Waals surface area (Å²) in [6, 6.07) is 21.8. The summed E-state index contributed by atoms with van der Waals surface area (Å²) in [7, 11) is 0. The summed E-state index contributed by atoms with van der Waals surface area (Å²) < 4.78 is 54.4. The second-order valence-corrected chi connectivity index (χ2v) is 11.5. The van der Waals surface area contributed by atoms with E-state index in [9.17, 15) is 22.4 Å². The molecule has 1 aromatic heterocycles. The third-order valence-electron chi connectivity index (χ3n) is 7.33. The van der Waals surface area contributed by atoms with Gasteiger partial charge >= 0.3 is 6.18 Å². The van der Waals surface area contributed by atoms with E-state index in [-0.39, 0.29) is 37.4 Å². The van der Waals surface area contributed by atoms with Crippen molar-refractivity contribution in [1.29, 1.82) is 0 Å². The zero-order chi connectivity index (χ0) is 29.5. The molecule has 1 fully saturated rings. The van der Waals surface area contributed by atoms with E-state index in [4.69, 9.17) is 0 Å². The third-order valence-corrected chi connectivity index (χ3v) is 8.16. The van der Waals surface area contributed by atoms with Gasteiger partial charge in [-0.3, -0.25) is 14.6 Å². The molecule has 0 radical (unpaired) electrons. The summed E-state index contributed by atoms with van der Waals surface area (Å²) in [4.78, 5) is 21.7. The summed E-state index contributed by atoms with van der Waals surface area (Å²) in [6.07, 6.45) is -2.76. The number of piperidine rings is 1. The fourth-order valence-electron chi connectivity index (χ4n) is 5.15. The largest absolute Gasteiger partial charge is 0.416 e. The maximum Gasteiger partial charge on any atom is 0.416 e. The van der Waals surface area contributed by atoms with Crippen LogP contribution in [0.3, 0.4) is 0 Å². The molecule has 0 unspecified atom stereocenters. The number of hydrogen-bond donors (Lipinski definition) is 1. The average molecular weight is 597 g/mol. The lowest BCUT2D eigenvalue weighted by Gasteiger charge is -2.32. The summed E-state index contributed by atoms with van der Waals surface area (Å²) in [5.41, 5.74) is 1.73.